The third kappa shape index (κ3) is 6.54. The lowest BCUT2D eigenvalue weighted by Gasteiger charge is -2.32. The maximum Gasteiger partial charge on any atom is 0.319 e. The average molecular weight is 432 g/mol. The van der Waals surface area contributed by atoms with Crippen LogP contribution < -0.4 is 15.4 Å². The molecule has 0 atom stereocenters. The van der Waals surface area contributed by atoms with Crippen molar-refractivity contribution in [3.05, 3.63) is 84.2 Å². The Morgan fingerprint density at radius 1 is 0.938 bits per heavy atom. The summed E-state index contributed by atoms with van der Waals surface area (Å²) in [4.78, 5) is 21.1. The lowest BCUT2D eigenvalue weighted by atomic mass is 10.1. The maximum absolute atomic E-state index is 12.3. The Morgan fingerprint density at radius 3 is 2.41 bits per heavy atom. The van der Waals surface area contributed by atoms with Gasteiger partial charge in [-0.3, -0.25) is 9.88 Å². The number of amides is 2. The molecule has 1 saturated heterocycles. The van der Waals surface area contributed by atoms with E-state index in [0.29, 0.717) is 23.7 Å². The van der Waals surface area contributed by atoms with Crippen molar-refractivity contribution < 1.29 is 9.53 Å². The van der Waals surface area contributed by atoms with Crippen molar-refractivity contribution in [2.45, 2.75) is 13.1 Å². The van der Waals surface area contributed by atoms with E-state index >= 15 is 0 Å². The van der Waals surface area contributed by atoms with E-state index in [2.05, 4.69) is 56.7 Å². The zero-order valence-electron chi connectivity index (χ0n) is 18.3. The molecule has 0 saturated carbocycles. The van der Waals surface area contributed by atoms with Crippen molar-refractivity contribution in [2.24, 2.45) is 0 Å². The van der Waals surface area contributed by atoms with Crippen molar-refractivity contribution in [3.63, 3.8) is 0 Å². The highest BCUT2D eigenvalue weighted by Crippen LogP contribution is 2.23. The van der Waals surface area contributed by atoms with Crippen molar-refractivity contribution in [1.29, 1.82) is 0 Å². The average Bonchev–Trinajstić information content (AvgIpc) is 2.81. The van der Waals surface area contributed by atoms with Crippen LogP contribution in [0.4, 0.5) is 10.5 Å². The molecular formula is C25H29N5O2. The SMILES string of the molecule is CN1CCN(Cc2ccc(CNC(=O)Nc3cccc(Oc4ccncc4)c3)cc2)CC1. The topological polar surface area (TPSA) is 69.7 Å². The van der Waals surface area contributed by atoms with Gasteiger partial charge in [0.2, 0.25) is 0 Å². The highest BCUT2D eigenvalue weighted by Gasteiger charge is 2.13. The number of ether oxygens (including phenoxy) is 1. The summed E-state index contributed by atoms with van der Waals surface area (Å²) >= 11 is 0. The van der Waals surface area contributed by atoms with Crippen LogP contribution in [0.5, 0.6) is 11.5 Å². The number of hydrogen-bond donors (Lipinski definition) is 2. The monoisotopic (exact) mass is 431 g/mol. The first-order valence-corrected chi connectivity index (χ1v) is 10.9. The van der Waals surface area contributed by atoms with E-state index in [0.717, 1.165) is 38.3 Å². The number of benzene rings is 2. The molecule has 2 heterocycles. The first-order valence-electron chi connectivity index (χ1n) is 10.9. The minimum atomic E-state index is -0.257. The van der Waals surface area contributed by atoms with Gasteiger partial charge in [0.15, 0.2) is 0 Å². The molecule has 32 heavy (non-hydrogen) atoms. The van der Waals surface area contributed by atoms with Crippen LogP contribution in [0.1, 0.15) is 11.1 Å². The number of urea groups is 1. The van der Waals surface area contributed by atoms with Crippen LogP contribution in [0.2, 0.25) is 0 Å². The largest absolute Gasteiger partial charge is 0.457 e. The number of anilines is 1. The van der Waals surface area contributed by atoms with Crippen LogP contribution in [0.25, 0.3) is 0 Å². The molecule has 2 amide bonds. The second-order valence-corrected chi connectivity index (χ2v) is 8.02. The highest BCUT2D eigenvalue weighted by atomic mass is 16.5. The summed E-state index contributed by atoms with van der Waals surface area (Å²) < 4.78 is 5.78. The predicted octanol–water partition coefficient (Wildman–Crippen LogP) is 3.94. The number of rotatable bonds is 7. The molecule has 0 spiro atoms. The minimum absolute atomic E-state index is 0.257. The number of nitrogens with zero attached hydrogens (tertiary/aromatic N) is 3. The van der Waals surface area contributed by atoms with Crippen LogP contribution in [0.3, 0.4) is 0 Å². The van der Waals surface area contributed by atoms with Crippen LogP contribution >= 0.6 is 0 Å². The molecule has 2 aromatic carbocycles. The van der Waals surface area contributed by atoms with Gasteiger partial charge in [0.1, 0.15) is 11.5 Å². The van der Waals surface area contributed by atoms with Gasteiger partial charge < -0.3 is 20.3 Å². The van der Waals surface area contributed by atoms with E-state index in [-0.39, 0.29) is 6.03 Å². The van der Waals surface area contributed by atoms with Crippen molar-refractivity contribution >= 4 is 11.7 Å². The summed E-state index contributed by atoms with van der Waals surface area (Å²) in [5.41, 5.74) is 3.03. The third-order valence-corrected chi connectivity index (χ3v) is 5.46. The molecule has 1 aliphatic heterocycles. The molecule has 0 bridgehead atoms. The quantitative estimate of drug-likeness (QED) is 0.593. The summed E-state index contributed by atoms with van der Waals surface area (Å²) in [6, 6.07) is 19.0. The fraction of sp³-hybridized carbons (Fsp3) is 0.280. The number of likely N-dealkylation sites (N-methyl/N-ethyl adjacent to an activating group) is 1. The molecular weight excluding hydrogens is 402 g/mol. The van der Waals surface area contributed by atoms with E-state index in [1.54, 1.807) is 30.6 Å². The molecule has 7 nitrogen and oxygen atoms in total. The van der Waals surface area contributed by atoms with Gasteiger partial charge in [-0.25, -0.2) is 4.79 Å². The number of carbonyl (C=O) groups excluding carboxylic acids is 1. The van der Waals surface area contributed by atoms with Gasteiger partial charge in [0, 0.05) is 63.4 Å². The Hall–Kier alpha value is -3.42. The van der Waals surface area contributed by atoms with Gasteiger partial charge >= 0.3 is 6.03 Å². The van der Waals surface area contributed by atoms with Crippen LogP contribution in [-0.2, 0) is 13.1 Å². The third-order valence-electron chi connectivity index (χ3n) is 5.46. The fourth-order valence-corrected chi connectivity index (χ4v) is 3.56. The number of piperazine rings is 1. The summed E-state index contributed by atoms with van der Waals surface area (Å²) in [6.45, 7) is 5.89. The fourth-order valence-electron chi connectivity index (χ4n) is 3.56. The van der Waals surface area contributed by atoms with Crippen molar-refractivity contribution in [1.82, 2.24) is 20.1 Å². The first-order chi connectivity index (χ1) is 15.6. The zero-order chi connectivity index (χ0) is 22.2. The number of hydrogen-bond acceptors (Lipinski definition) is 5. The molecule has 7 heteroatoms. The van der Waals surface area contributed by atoms with E-state index in [9.17, 15) is 4.79 Å². The second-order valence-electron chi connectivity index (χ2n) is 8.02. The Labute approximate surface area is 189 Å². The molecule has 2 N–H and O–H groups in total. The first kappa shape index (κ1) is 21.8. The summed E-state index contributed by atoms with van der Waals surface area (Å²) in [7, 11) is 2.17. The predicted molar refractivity (Wildman–Crippen MR) is 126 cm³/mol. The van der Waals surface area contributed by atoms with E-state index in [1.807, 2.05) is 18.2 Å². The Bertz CT molecular complexity index is 1000. The standard InChI is InChI=1S/C25H29N5O2/c1-29-13-15-30(16-14-29)19-21-7-5-20(6-8-21)18-27-25(31)28-22-3-2-4-24(17-22)32-23-9-11-26-12-10-23/h2-12,17H,13-16,18-19H2,1H3,(H2,27,28,31). The van der Waals surface area contributed by atoms with Crippen LogP contribution in [0.15, 0.2) is 73.1 Å². The van der Waals surface area contributed by atoms with Crippen LogP contribution in [-0.4, -0.2) is 54.0 Å². The summed E-state index contributed by atoms with van der Waals surface area (Å²) in [5, 5.41) is 5.76. The molecule has 0 aliphatic carbocycles. The van der Waals surface area contributed by atoms with E-state index in [1.165, 1.54) is 5.56 Å². The van der Waals surface area contributed by atoms with Gasteiger partial charge in [-0.1, -0.05) is 30.3 Å². The lowest BCUT2D eigenvalue weighted by molar-refractivity contribution is 0.148. The van der Waals surface area contributed by atoms with E-state index < -0.39 is 0 Å². The Morgan fingerprint density at radius 2 is 1.66 bits per heavy atom. The number of aromatic nitrogens is 1. The maximum atomic E-state index is 12.3. The molecule has 1 fully saturated rings. The second kappa shape index (κ2) is 10.7. The Balaban J connectivity index is 1.24. The zero-order valence-corrected chi connectivity index (χ0v) is 18.3. The van der Waals surface area contributed by atoms with E-state index in [4.69, 9.17) is 4.74 Å². The molecule has 3 aromatic rings. The van der Waals surface area contributed by atoms with Crippen molar-refractivity contribution in [2.75, 3.05) is 38.5 Å². The molecule has 166 valence electrons. The smallest absolute Gasteiger partial charge is 0.319 e. The molecule has 0 unspecified atom stereocenters. The number of nitrogens with one attached hydrogen (secondary N) is 2. The molecule has 4 rings (SSSR count). The van der Waals surface area contributed by atoms with Gasteiger partial charge in [-0.15, -0.1) is 0 Å². The van der Waals surface area contributed by atoms with Gasteiger partial charge in [0.05, 0.1) is 0 Å². The molecule has 1 aliphatic rings. The van der Waals surface area contributed by atoms with Crippen LogP contribution in [0, 0.1) is 0 Å². The summed E-state index contributed by atoms with van der Waals surface area (Å²) in [5.74, 6) is 1.34. The lowest BCUT2D eigenvalue weighted by Crippen LogP contribution is -2.43. The molecule has 1 aromatic heterocycles. The van der Waals surface area contributed by atoms with Gasteiger partial charge in [-0.2, -0.15) is 0 Å². The highest BCUT2D eigenvalue weighted by molar-refractivity contribution is 5.89. The van der Waals surface area contributed by atoms with Crippen molar-refractivity contribution in [3.8, 4) is 11.5 Å². The van der Waals surface area contributed by atoms with Gasteiger partial charge in [0.25, 0.3) is 0 Å². The number of pyridine rings is 1. The summed E-state index contributed by atoms with van der Waals surface area (Å²) in [6.07, 6.45) is 3.34. The van der Waals surface area contributed by atoms with Gasteiger partial charge in [-0.05, 0) is 42.4 Å². The number of carbonyl (C=O) groups is 1. The Kier molecular flexibility index (Phi) is 7.32. The minimum Gasteiger partial charge on any atom is -0.457 e. The normalized spacial score (nSPS) is 14.7. The molecule has 0 radical (unpaired) electrons.